The van der Waals surface area contributed by atoms with E-state index >= 15 is 0 Å². The summed E-state index contributed by atoms with van der Waals surface area (Å²) in [7, 11) is 0. The maximum Gasteiger partial charge on any atom is 0.157 e. The Hall–Kier alpha value is -0.120. The molecule has 0 aromatic heterocycles. The van der Waals surface area contributed by atoms with Gasteiger partial charge in [0.05, 0.1) is 12.2 Å². The first-order valence-corrected chi connectivity index (χ1v) is 2.71. The molecule has 2 unspecified atom stereocenters. The first kappa shape index (κ1) is 6.01. The number of ether oxygens (including phenoxy) is 1. The molecule has 1 heterocycles. The maximum atomic E-state index is 8.88. The van der Waals surface area contributed by atoms with Gasteiger partial charge < -0.3 is 14.9 Å². The second-order valence-electron chi connectivity index (χ2n) is 2.10. The van der Waals surface area contributed by atoms with Crippen molar-refractivity contribution in [2.75, 3.05) is 0 Å². The third-order valence-electron chi connectivity index (χ3n) is 1.36. The van der Waals surface area contributed by atoms with Gasteiger partial charge in [-0.1, -0.05) is 0 Å². The minimum absolute atomic E-state index is 0.204. The predicted molar refractivity (Wildman–Crippen MR) is 27.2 cm³/mol. The van der Waals surface area contributed by atoms with Gasteiger partial charge in [-0.05, 0) is 6.92 Å². The Kier molecular flexibility index (Phi) is 1.51. The lowest BCUT2D eigenvalue weighted by molar-refractivity contribution is -0.0889. The van der Waals surface area contributed by atoms with Gasteiger partial charge in [-0.3, -0.25) is 0 Å². The van der Waals surface area contributed by atoms with Crippen LogP contribution in [0.1, 0.15) is 13.3 Å². The Bertz CT molecular complexity index is 73.7. The third kappa shape index (κ3) is 0.992. The monoisotopic (exact) mass is 118 g/mol. The first-order chi connectivity index (χ1) is 3.70. The summed E-state index contributed by atoms with van der Waals surface area (Å²) in [5.41, 5.74) is 0. The fourth-order valence-electron chi connectivity index (χ4n) is 0.792. The van der Waals surface area contributed by atoms with Crippen LogP contribution < -0.4 is 0 Å². The molecule has 1 rings (SSSR count). The van der Waals surface area contributed by atoms with Crippen molar-refractivity contribution in [1.82, 2.24) is 0 Å². The quantitative estimate of drug-likeness (QED) is 0.449. The molecule has 0 spiro atoms. The summed E-state index contributed by atoms with van der Waals surface area (Å²) in [4.78, 5) is 0. The van der Waals surface area contributed by atoms with Crippen molar-refractivity contribution >= 4 is 0 Å². The Morgan fingerprint density at radius 1 is 1.50 bits per heavy atom. The van der Waals surface area contributed by atoms with E-state index in [9.17, 15) is 0 Å². The topological polar surface area (TPSA) is 49.7 Å². The van der Waals surface area contributed by atoms with Crippen LogP contribution in [0.3, 0.4) is 0 Å². The minimum atomic E-state index is -0.750. The van der Waals surface area contributed by atoms with E-state index in [-0.39, 0.29) is 6.10 Å². The molecule has 1 aliphatic rings. The lowest BCUT2D eigenvalue weighted by Gasteiger charge is -2.03. The molecule has 3 nitrogen and oxygen atoms in total. The number of hydrogen-bond donors (Lipinski definition) is 2. The van der Waals surface area contributed by atoms with Gasteiger partial charge in [0, 0.05) is 6.42 Å². The maximum absolute atomic E-state index is 8.88. The molecule has 1 fully saturated rings. The van der Waals surface area contributed by atoms with Crippen molar-refractivity contribution in [1.29, 1.82) is 0 Å². The molecule has 3 atom stereocenters. The van der Waals surface area contributed by atoms with Crippen molar-refractivity contribution < 1.29 is 14.9 Å². The highest BCUT2D eigenvalue weighted by atomic mass is 16.6. The molecular formula is C5H10O3. The van der Waals surface area contributed by atoms with Crippen LogP contribution >= 0.6 is 0 Å². The molecule has 0 radical (unpaired) electrons. The molecule has 8 heavy (non-hydrogen) atoms. The van der Waals surface area contributed by atoms with Crippen LogP contribution in [-0.4, -0.2) is 28.7 Å². The van der Waals surface area contributed by atoms with Crippen LogP contribution in [0.25, 0.3) is 0 Å². The van der Waals surface area contributed by atoms with Crippen molar-refractivity contribution in [3.63, 3.8) is 0 Å². The van der Waals surface area contributed by atoms with Gasteiger partial charge in [-0.25, -0.2) is 0 Å². The van der Waals surface area contributed by atoms with E-state index in [4.69, 9.17) is 14.9 Å². The van der Waals surface area contributed by atoms with Crippen LogP contribution in [0.2, 0.25) is 0 Å². The zero-order valence-electron chi connectivity index (χ0n) is 4.74. The van der Waals surface area contributed by atoms with E-state index in [2.05, 4.69) is 0 Å². The molecule has 0 aromatic carbocycles. The van der Waals surface area contributed by atoms with Crippen LogP contribution in [0.4, 0.5) is 0 Å². The predicted octanol–water partition coefficient (Wildman–Crippen LogP) is -0.526. The van der Waals surface area contributed by atoms with Gasteiger partial charge in [-0.15, -0.1) is 0 Å². The highest BCUT2D eigenvalue weighted by Crippen LogP contribution is 2.16. The first-order valence-electron chi connectivity index (χ1n) is 2.71. The highest BCUT2D eigenvalue weighted by Gasteiger charge is 2.28. The number of rotatable bonds is 0. The summed E-state index contributed by atoms with van der Waals surface area (Å²) in [6, 6.07) is 0. The molecule has 0 aliphatic carbocycles. The minimum Gasteiger partial charge on any atom is -0.390 e. The molecule has 0 saturated carbocycles. The summed E-state index contributed by atoms with van der Waals surface area (Å²) in [5, 5.41) is 17.6. The smallest absolute Gasteiger partial charge is 0.157 e. The standard InChI is InChI=1S/C5H10O3/c1-3-4(6)2-5(7)8-3/h3-7H,2H2,1H3/t3-,4?,5?/m0/s1. The fourth-order valence-corrected chi connectivity index (χ4v) is 0.792. The fraction of sp³-hybridized carbons (Fsp3) is 1.00. The largest absolute Gasteiger partial charge is 0.390 e. The van der Waals surface area contributed by atoms with Gasteiger partial charge in [0.2, 0.25) is 0 Å². The number of aliphatic hydroxyl groups excluding tert-OH is 2. The summed E-state index contributed by atoms with van der Waals surface area (Å²) in [6.07, 6.45) is -1.09. The van der Waals surface area contributed by atoms with E-state index in [0.717, 1.165) is 0 Å². The number of aliphatic hydroxyl groups is 2. The van der Waals surface area contributed by atoms with Crippen LogP contribution in [0.15, 0.2) is 0 Å². The lowest BCUT2D eigenvalue weighted by Crippen LogP contribution is -2.15. The van der Waals surface area contributed by atoms with Gasteiger partial charge in [-0.2, -0.15) is 0 Å². The molecule has 0 aromatic rings. The zero-order valence-corrected chi connectivity index (χ0v) is 4.74. The van der Waals surface area contributed by atoms with E-state index in [1.54, 1.807) is 6.92 Å². The van der Waals surface area contributed by atoms with Gasteiger partial charge in [0.15, 0.2) is 6.29 Å². The van der Waals surface area contributed by atoms with Gasteiger partial charge >= 0.3 is 0 Å². The highest BCUT2D eigenvalue weighted by molar-refractivity contribution is 4.72. The van der Waals surface area contributed by atoms with E-state index < -0.39 is 12.4 Å². The second-order valence-corrected chi connectivity index (χ2v) is 2.10. The number of hydrogen-bond acceptors (Lipinski definition) is 3. The molecule has 1 saturated heterocycles. The zero-order chi connectivity index (χ0) is 6.15. The summed E-state index contributed by atoms with van der Waals surface area (Å²) in [6.45, 7) is 1.74. The molecule has 1 aliphatic heterocycles. The molecule has 2 N–H and O–H groups in total. The van der Waals surface area contributed by atoms with E-state index in [0.29, 0.717) is 6.42 Å². The van der Waals surface area contributed by atoms with Gasteiger partial charge in [0.1, 0.15) is 0 Å². The van der Waals surface area contributed by atoms with E-state index in [1.165, 1.54) is 0 Å². The molecular weight excluding hydrogens is 108 g/mol. The molecule has 0 bridgehead atoms. The normalized spacial score (nSPS) is 47.6. The molecule has 3 heteroatoms. The average molecular weight is 118 g/mol. The Balaban J connectivity index is 2.39. The average Bonchev–Trinajstić information content (AvgIpc) is 1.85. The lowest BCUT2D eigenvalue weighted by atomic mass is 10.2. The van der Waals surface area contributed by atoms with Crippen molar-refractivity contribution in [2.45, 2.75) is 31.8 Å². The SMILES string of the molecule is C[C@@H]1OC(O)CC1O. The summed E-state index contributed by atoms with van der Waals surface area (Å²) >= 11 is 0. The summed E-state index contributed by atoms with van der Waals surface area (Å²) in [5.74, 6) is 0. The second kappa shape index (κ2) is 2.01. The van der Waals surface area contributed by atoms with E-state index in [1.807, 2.05) is 0 Å². The molecule has 0 amide bonds. The van der Waals surface area contributed by atoms with Crippen LogP contribution in [0, 0.1) is 0 Å². The Labute approximate surface area is 47.9 Å². The van der Waals surface area contributed by atoms with Crippen LogP contribution in [-0.2, 0) is 4.74 Å². The molecule has 48 valence electrons. The van der Waals surface area contributed by atoms with Crippen molar-refractivity contribution in [2.24, 2.45) is 0 Å². The van der Waals surface area contributed by atoms with Crippen molar-refractivity contribution in [3.8, 4) is 0 Å². The van der Waals surface area contributed by atoms with Crippen LogP contribution in [0.5, 0.6) is 0 Å². The third-order valence-corrected chi connectivity index (χ3v) is 1.36. The summed E-state index contributed by atoms with van der Waals surface area (Å²) < 4.78 is 4.78. The van der Waals surface area contributed by atoms with Gasteiger partial charge in [0.25, 0.3) is 0 Å². The Morgan fingerprint density at radius 3 is 2.25 bits per heavy atom. The Morgan fingerprint density at radius 2 is 2.12 bits per heavy atom. The van der Waals surface area contributed by atoms with Crippen molar-refractivity contribution in [3.05, 3.63) is 0 Å².